The molecule has 380 valence electrons. The second kappa shape index (κ2) is 24.7. The van der Waals surface area contributed by atoms with Gasteiger partial charge in [-0.3, -0.25) is 38.8 Å². The molecule has 3 atom stereocenters. The molecule has 22 nitrogen and oxygen atoms in total. The van der Waals surface area contributed by atoms with Crippen LogP contribution in [0, 0.1) is 12.8 Å². The Morgan fingerprint density at radius 3 is 2.46 bits per heavy atom. The van der Waals surface area contributed by atoms with E-state index in [1.54, 1.807) is 47.5 Å². The van der Waals surface area contributed by atoms with E-state index >= 15 is 0 Å². The van der Waals surface area contributed by atoms with E-state index < -0.39 is 36.0 Å². The van der Waals surface area contributed by atoms with Gasteiger partial charge >= 0.3 is 12.1 Å². The minimum absolute atomic E-state index is 0.0802. The average molecular weight is 988 g/mol. The Kier molecular flexibility index (Phi) is 17.8. The number of aromatic nitrogens is 6. The number of imide groups is 1. The summed E-state index contributed by atoms with van der Waals surface area (Å²) >= 11 is 0. The van der Waals surface area contributed by atoms with Crippen LogP contribution in [0.1, 0.15) is 82.3 Å². The Hall–Kier alpha value is -8.01. The number of primary amides is 1. The van der Waals surface area contributed by atoms with Crippen LogP contribution in [-0.4, -0.2) is 125 Å². The zero-order valence-electron chi connectivity index (χ0n) is 40.6. The maximum atomic E-state index is 14.0. The smallest absolute Gasteiger partial charge is 0.410 e. The molecule has 1 fully saturated rings. The van der Waals surface area contributed by atoms with Gasteiger partial charge in [-0.05, 0) is 93.3 Å². The van der Waals surface area contributed by atoms with Crippen LogP contribution in [-0.2, 0) is 46.6 Å². The van der Waals surface area contributed by atoms with Gasteiger partial charge in [0.1, 0.15) is 30.8 Å². The number of hydrogen-bond acceptors (Lipinski definition) is 13. The van der Waals surface area contributed by atoms with E-state index in [2.05, 4.69) is 36.3 Å². The Labute approximate surface area is 415 Å². The van der Waals surface area contributed by atoms with Gasteiger partial charge in [0, 0.05) is 61.4 Å². The molecule has 2 unspecified atom stereocenters. The highest BCUT2D eigenvalue weighted by molar-refractivity contribution is 6.12. The minimum Gasteiger partial charge on any atom is -0.445 e. The quantitative estimate of drug-likeness (QED) is 0.0394. The van der Waals surface area contributed by atoms with Crippen LogP contribution in [0.3, 0.4) is 0 Å². The molecule has 2 aliphatic rings. The van der Waals surface area contributed by atoms with Crippen LogP contribution >= 0.6 is 0 Å². The summed E-state index contributed by atoms with van der Waals surface area (Å²) in [5.41, 5.74) is 10.6. The number of aryl methyl sites for hydroxylation is 1. The zero-order chi connectivity index (χ0) is 51.1. The predicted molar refractivity (Wildman–Crippen MR) is 263 cm³/mol. The van der Waals surface area contributed by atoms with Crippen molar-refractivity contribution in [1.82, 2.24) is 55.3 Å². The number of nitrogens with two attached hydrogens (primary N) is 1. The number of imidazole rings is 1. The number of nitrogens with one attached hydrogen (secondary N) is 5. The third-order valence-electron chi connectivity index (χ3n) is 12.2. The SMILES string of the molecule is Cc1cccc(-c2[nH]c(CN(C(=O)OCc3ccc(NC(=O)[C@H](CCCNC(N)=O)NC(=O)C(NC(=O)CCCCCN4C(=O)C=CC4=O)C(C)C)cc3)C3CCCOC3)nc2-c2ccc3ncnn3c2)n1. The molecule has 8 amide bonds. The third kappa shape index (κ3) is 14.1. The lowest BCUT2D eigenvalue weighted by Crippen LogP contribution is -2.54. The predicted octanol–water partition coefficient (Wildman–Crippen LogP) is 4.31. The van der Waals surface area contributed by atoms with Crippen LogP contribution in [0.15, 0.2) is 79.3 Å². The lowest BCUT2D eigenvalue weighted by atomic mass is 10.0. The van der Waals surface area contributed by atoms with E-state index in [0.29, 0.717) is 85.1 Å². The van der Waals surface area contributed by atoms with Gasteiger partial charge in [0.15, 0.2) is 5.65 Å². The summed E-state index contributed by atoms with van der Waals surface area (Å²) in [5.74, 6) is -1.99. The molecule has 72 heavy (non-hydrogen) atoms. The van der Waals surface area contributed by atoms with E-state index in [9.17, 15) is 33.6 Å². The number of urea groups is 1. The van der Waals surface area contributed by atoms with Crippen molar-refractivity contribution in [2.45, 2.75) is 103 Å². The number of nitrogens with zero attached hydrogens (tertiary/aromatic N) is 7. The highest BCUT2D eigenvalue weighted by atomic mass is 16.6. The maximum Gasteiger partial charge on any atom is 0.410 e. The first-order valence-electron chi connectivity index (χ1n) is 24.1. The molecule has 7 rings (SSSR count). The molecule has 22 heteroatoms. The topological polar surface area (TPSA) is 290 Å². The summed E-state index contributed by atoms with van der Waals surface area (Å²) in [6.45, 7) is 6.80. The summed E-state index contributed by atoms with van der Waals surface area (Å²) in [7, 11) is 0. The van der Waals surface area contributed by atoms with Crippen molar-refractivity contribution < 1.29 is 43.0 Å². The number of unbranched alkanes of at least 4 members (excludes halogenated alkanes) is 2. The summed E-state index contributed by atoms with van der Waals surface area (Å²) < 4.78 is 13.4. The first kappa shape index (κ1) is 51.8. The molecule has 1 saturated heterocycles. The number of hydrogen-bond donors (Lipinski definition) is 6. The van der Waals surface area contributed by atoms with Crippen molar-refractivity contribution >= 4 is 53.0 Å². The fourth-order valence-electron chi connectivity index (χ4n) is 8.36. The monoisotopic (exact) mass is 987 g/mol. The summed E-state index contributed by atoms with van der Waals surface area (Å²) in [6.07, 6.45) is 8.81. The van der Waals surface area contributed by atoms with Crippen LogP contribution in [0.5, 0.6) is 0 Å². The fraction of sp³-hybridized carbons (Fsp3) is 0.420. The highest BCUT2D eigenvalue weighted by Gasteiger charge is 2.31. The second-order valence-corrected chi connectivity index (χ2v) is 18.0. The normalized spacial score (nSPS) is 15.3. The number of amides is 8. The van der Waals surface area contributed by atoms with Crippen LogP contribution in [0.2, 0.25) is 0 Å². The number of aromatic amines is 1. The summed E-state index contributed by atoms with van der Waals surface area (Å²) in [5, 5.41) is 15.2. The van der Waals surface area contributed by atoms with Gasteiger partial charge in [-0.2, -0.15) is 5.10 Å². The molecule has 0 bridgehead atoms. The number of fused-ring (bicyclic) bond motifs is 1. The van der Waals surface area contributed by atoms with Gasteiger partial charge in [-0.25, -0.2) is 24.1 Å². The Bertz CT molecular complexity index is 2750. The molecule has 1 aromatic carbocycles. The minimum atomic E-state index is -1.06. The number of benzene rings is 1. The van der Waals surface area contributed by atoms with Crippen molar-refractivity contribution in [2.24, 2.45) is 11.7 Å². The molecule has 4 aromatic heterocycles. The fourth-order valence-corrected chi connectivity index (χ4v) is 8.36. The largest absolute Gasteiger partial charge is 0.445 e. The number of anilines is 1. The van der Waals surface area contributed by atoms with Crippen molar-refractivity contribution in [3.05, 3.63) is 96.4 Å². The first-order chi connectivity index (χ1) is 34.7. The van der Waals surface area contributed by atoms with Gasteiger partial charge in [-0.15, -0.1) is 0 Å². The van der Waals surface area contributed by atoms with E-state index in [4.69, 9.17) is 25.2 Å². The van der Waals surface area contributed by atoms with Crippen LogP contribution in [0.4, 0.5) is 15.3 Å². The van der Waals surface area contributed by atoms with Crippen molar-refractivity contribution in [2.75, 3.05) is 31.6 Å². The van der Waals surface area contributed by atoms with E-state index in [-0.39, 0.29) is 68.8 Å². The second-order valence-electron chi connectivity index (χ2n) is 18.0. The van der Waals surface area contributed by atoms with Crippen LogP contribution in [0.25, 0.3) is 28.3 Å². The number of rotatable bonds is 23. The molecule has 0 saturated carbocycles. The molecule has 5 aromatic rings. The highest BCUT2D eigenvalue weighted by Crippen LogP contribution is 2.31. The Balaban J connectivity index is 0.966. The number of carbonyl (C=O) groups is 7. The number of ether oxygens (including phenoxy) is 2. The van der Waals surface area contributed by atoms with E-state index in [1.165, 1.54) is 18.5 Å². The average Bonchev–Trinajstić information content (AvgIpc) is 4.11. The Morgan fingerprint density at radius 1 is 0.944 bits per heavy atom. The summed E-state index contributed by atoms with van der Waals surface area (Å²) in [4.78, 5) is 110. The van der Waals surface area contributed by atoms with Gasteiger partial charge in [-0.1, -0.05) is 38.5 Å². The maximum absolute atomic E-state index is 14.0. The zero-order valence-corrected chi connectivity index (χ0v) is 40.6. The van der Waals surface area contributed by atoms with Gasteiger partial charge in [0.2, 0.25) is 17.7 Å². The Morgan fingerprint density at radius 2 is 1.74 bits per heavy atom. The lowest BCUT2D eigenvalue weighted by molar-refractivity contribution is -0.137. The van der Waals surface area contributed by atoms with Gasteiger partial charge in [0.25, 0.3) is 11.8 Å². The number of carbonyl (C=O) groups excluding carboxylic acids is 7. The lowest BCUT2D eigenvalue weighted by Gasteiger charge is -2.32. The number of pyridine rings is 2. The van der Waals surface area contributed by atoms with Crippen molar-refractivity contribution in [3.8, 4) is 22.6 Å². The molecule has 0 aliphatic carbocycles. The van der Waals surface area contributed by atoms with Gasteiger partial charge < -0.3 is 41.5 Å². The summed E-state index contributed by atoms with van der Waals surface area (Å²) in [6, 6.07) is 13.2. The third-order valence-corrected chi connectivity index (χ3v) is 12.2. The van der Waals surface area contributed by atoms with E-state index in [0.717, 1.165) is 22.6 Å². The van der Waals surface area contributed by atoms with Crippen LogP contribution < -0.4 is 27.0 Å². The molecule has 0 radical (unpaired) electrons. The van der Waals surface area contributed by atoms with Gasteiger partial charge in [0.05, 0.1) is 36.3 Å². The van der Waals surface area contributed by atoms with Crippen molar-refractivity contribution in [1.29, 1.82) is 0 Å². The molecule has 6 heterocycles. The van der Waals surface area contributed by atoms with E-state index in [1.807, 2.05) is 43.5 Å². The standard InChI is InChI=1S/C50H61N13O9/c1-31(2)44(60-41(64)14-5-4-6-24-61-42(65)21-22-43(61)66)48(68)57-38(13-8-23-52-49(51)69)47(67)56-35-18-15-33(16-19-35)28-72-50(70)62(36-11-9-25-71-29-36)27-39-58-45(34-17-20-40-53-30-54-63(40)26-34)46(59-39)37-12-7-10-32(3)55-37/h7,10,12,15-22,26,30-31,36,38,44H,4-6,8-9,11,13-14,23-25,27-29H2,1-3H3,(H,56,67)(H,57,68)(H,58,59)(H,60,64)(H3,51,52,69)/t36?,38-,44?/m0/s1. The first-order valence-corrected chi connectivity index (χ1v) is 24.1. The molecular formula is C50H61N13O9. The number of H-pyrrole nitrogens is 1. The van der Waals surface area contributed by atoms with Crippen molar-refractivity contribution in [3.63, 3.8) is 0 Å². The molecule has 2 aliphatic heterocycles. The molecule has 0 spiro atoms. The molecule has 7 N–H and O–H groups in total. The molecular weight excluding hydrogens is 927 g/mol.